The number of nitrogens with two attached hydrogens (primary N) is 1. The number of carbonyl (C=O) groups is 5. The molecule has 4 atom stereocenters. The van der Waals surface area contributed by atoms with Gasteiger partial charge < -0.3 is 37.1 Å². The normalized spacial score (nSPS) is 17.5. The van der Waals surface area contributed by atoms with E-state index in [-0.39, 0.29) is 37.1 Å². The first kappa shape index (κ1) is 28.6. The Labute approximate surface area is 220 Å². The first-order valence-electron chi connectivity index (χ1n) is 12.8. The molecule has 1 aliphatic rings. The van der Waals surface area contributed by atoms with Gasteiger partial charge in [-0.1, -0.05) is 32.0 Å². The molecule has 12 nitrogen and oxygen atoms in total. The third-order valence-electron chi connectivity index (χ3n) is 6.65. The number of carbonyl (C=O) groups excluding carboxylic acids is 4. The molecule has 12 heteroatoms. The molecule has 8 N–H and O–H groups in total. The van der Waals surface area contributed by atoms with Gasteiger partial charge in [0.05, 0.1) is 6.04 Å². The number of para-hydroxylation sites is 1. The molecule has 1 fully saturated rings. The van der Waals surface area contributed by atoms with Crippen LogP contribution in [-0.4, -0.2) is 70.4 Å². The molecule has 1 aromatic heterocycles. The zero-order valence-corrected chi connectivity index (χ0v) is 21.6. The van der Waals surface area contributed by atoms with Gasteiger partial charge in [0.1, 0.15) is 18.1 Å². The zero-order chi connectivity index (χ0) is 27.8. The van der Waals surface area contributed by atoms with Crippen LogP contribution in [-0.2, 0) is 30.4 Å². The molecule has 2 aromatic rings. The Morgan fingerprint density at radius 3 is 2.39 bits per heavy atom. The predicted octanol–water partition coefficient (Wildman–Crippen LogP) is -0.0771. The van der Waals surface area contributed by atoms with E-state index in [0.717, 1.165) is 23.9 Å². The van der Waals surface area contributed by atoms with Crippen molar-refractivity contribution in [2.24, 2.45) is 11.7 Å². The van der Waals surface area contributed by atoms with E-state index >= 15 is 0 Å². The Hall–Kier alpha value is -3.93. The molecule has 1 aromatic carbocycles. The van der Waals surface area contributed by atoms with Gasteiger partial charge in [-0.05, 0) is 43.4 Å². The van der Waals surface area contributed by atoms with E-state index in [2.05, 4.69) is 26.3 Å². The smallest absolute Gasteiger partial charge is 0.326 e. The highest BCUT2D eigenvalue weighted by Crippen LogP contribution is 2.19. The van der Waals surface area contributed by atoms with Crippen LogP contribution in [0.1, 0.15) is 45.1 Å². The molecule has 38 heavy (non-hydrogen) atoms. The fourth-order valence-electron chi connectivity index (χ4n) is 4.51. The van der Waals surface area contributed by atoms with Crippen molar-refractivity contribution in [3.63, 3.8) is 0 Å². The Morgan fingerprint density at radius 1 is 1.05 bits per heavy atom. The van der Waals surface area contributed by atoms with Crippen molar-refractivity contribution >= 4 is 40.5 Å². The van der Waals surface area contributed by atoms with Crippen LogP contribution in [0.2, 0.25) is 0 Å². The van der Waals surface area contributed by atoms with Crippen molar-refractivity contribution in [3.05, 3.63) is 36.0 Å². The molecule has 1 aliphatic heterocycles. The van der Waals surface area contributed by atoms with Crippen molar-refractivity contribution in [2.45, 2.75) is 70.1 Å². The molecule has 4 unspecified atom stereocenters. The number of aromatic amines is 1. The van der Waals surface area contributed by atoms with E-state index in [9.17, 15) is 29.1 Å². The van der Waals surface area contributed by atoms with Gasteiger partial charge in [0, 0.05) is 29.9 Å². The number of rotatable bonds is 13. The lowest BCUT2D eigenvalue weighted by atomic mass is 10.0. The van der Waals surface area contributed by atoms with Crippen LogP contribution < -0.4 is 27.0 Å². The van der Waals surface area contributed by atoms with Crippen molar-refractivity contribution in [1.29, 1.82) is 0 Å². The molecular formula is C26H36N6O6. The summed E-state index contributed by atoms with van der Waals surface area (Å²) in [4.78, 5) is 65.4. The first-order valence-corrected chi connectivity index (χ1v) is 12.8. The van der Waals surface area contributed by atoms with E-state index in [0.29, 0.717) is 12.0 Å². The second-order valence-corrected chi connectivity index (χ2v) is 9.91. The third-order valence-corrected chi connectivity index (χ3v) is 6.65. The lowest BCUT2D eigenvalue weighted by Crippen LogP contribution is -2.58. The van der Waals surface area contributed by atoms with Crippen LogP contribution in [0.3, 0.4) is 0 Å². The fraction of sp³-hybridized carbons (Fsp3) is 0.500. The van der Waals surface area contributed by atoms with Crippen LogP contribution in [0.25, 0.3) is 10.9 Å². The highest BCUT2D eigenvalue weighted by molar-refractivity contribution is 5.95. The molecule has 3 rings (SSSR count). The van der Waals surface area contributed by atoms with Crippen LogP contribution >= 0.6 is 0 Å². The average Bonchev–Trinajstić information content (AvgIpc) is 3.54. The van der Waals surface area contributed by atoms with Gasteiger partial charge in [0.15, 0.2) is 0 Å². The SMILES string of the molecule is CC(C)C(NC(=O)C1CCCN1)C(=O)NC(CCC(N)=O)C(=O)NC(Cc1c[nH]c2ccccc12)C(=O)O. The number of aromatic nitrogens is 1. The maximum Gasteiger partial charge on any atom is 0.326 e. The van der Waals surface area contributed by atoms with E-state index < -0.39 is 41.8 Å². The topological polar surface area (TPSA) is 196 Å². The largest absolute Gasteiger partial charge is 0.480 e. The molecule has 0 radical (unpaired) electrons. The number of amides is 4. The summed E-state index contributed by atoms with van der Waals surface area (Å²) in [6.45, 7) is 4.23. The highest BCUT2D eigenvalue weighted by Gasteiger charge is 2.33. The van der Waals surface area contributed by atoms with Crippen molar-refractivity contribution < 1.29 is 29.1 Å². The molecule has 0 aliphatic carbocycles. The first-order chi connectivity index (χ1) is 18.1. The van der Waals surface area contributed by atoms with E-state index in [4.69, 9.17) is 5.73 Å². The molecular weight excluding hydrogens is 492 g/mol. The number of hydrogen-bond acceptors (Lipinski definition) is 6. The summed E-state index contributed by atoms with van der Waals surface area (Å²) < 4.78 is 0. The second-order valence-electron chi connectivity index (χ2n) is 9.91. The summed E-state index contributed by atoms with van der Waals surface area (Å²) in [7, 11) is 0. The number of H-pyrrole nitrogens is 1. The number of hydrogen-bond donors (Lipinski definition) is 7. The molecule has 0 spiro atoms. The van der Waals surface area contributed by atoms with Crippen LogP contribution in [0.15, 0.2) is 30.5 Å². The third kappa shape index (κ3) is 7.54. The zero-order valence-electron chi connectivity index (χ0n) is 21.6. The van der Waals surface area contributed by atoms with E-state index in [1.165, 1.54) is 0 Å². The number of fused-ring (bicyclic) bond motifs is 1. The average molecular weight is 529 g/mol. The molecule has 0 bridgehead atoms. The van der Waals surface area contributed by atoms with E-state index in [1.54, 1.807) is 20.0 Å². The summed E-state index contributed by atoms with van der Waals surface area (Å²) in [5.41, 5.74) is 6.80. The Morgan fingerprint density at radius 2 is 1.76 bits per heavy atom. The van der Waals surface area contributed by atoms with Crippen LogP contribution in [0.5, 0.6) is 0 Å². The molecule has 206 valence electrons. The van der Waals surface area contributed by atoms with Gasteiger partial charge in [0.2, 0.25) is 23.6 Å². The Kier molecular flexibility index (Phi) is 9.83. The Bertz CT molecular complexity index is 1170. The van der Waals surface area contributed by atoms with Crippen molar-refractivity contribution in [2.75, 3.05) is 6.54 Å². The van der Waals surface area contributed by atoms with Crippen molar-refractivity contribution in [3.8, 4) is 0 Å². The number of aliphatic carboxylic acids is 1. The maximum absolute atomic E-state index is 13.2. The number of nitrogens with one attached hydrogen (secondary N) is 5. The van der Waals surface area contributed by atoms with Crippen molar-refractivity contribution in [1.82, 2.24) is 26.3 Å². The highest BCUT2D eigenvalue weighted by atomic mass is 16.4. The van der Waals surface area contributed by atoms with Crippen LogP contribution in [0.4, 0.5) is 0 Å². The minimum atomic E-state index is -1.29. The summed E-state index contributed by atoms with van der Waals surface area (Å²) in [5.74, 6) is -3.91. The fourth-order valence-corrected chi connectivity index (χ4v) is 4.51. The summed E-state index contributed by atoms with van der Waals surface area (Å²) >= 11 is 0. The van der Waals surface area contributed by atoms with E-state index in [1.807, 2.05) is 24.3 Å². The summed E-state index contributed by atoms with van der Waals surface area (Å²) in [6, 6.07) is 3.53. The molecule has 4 amide bonds. The van der Waals surface area contributed by atoms with Gasteiger partial charge in [0.25, 0.3) is 0 Å². The summed E-state index contributed by atoms with van der Waals surface area (Å²) in [6.07, 6.45) is 2.87. The molecule has 2 heterocycles. The van der Waals surface area contributed by atoms with Gasteiger partial charge in [-0.3, -0.25) is 19.2 Å². The minimum Gasteiger partial charge on any atom is -0.480 e. The monoisotopic (exact) mass is 528 g/mol. The van der Waals surface area contributed by atoms with Crippen LogP contribution in [0, 0.1) is 5.92 Å². The van der Waals surface area contributed by atoms with Gasteiger partial charge >= 0.3 is 5.97 Å². The molecule has 0 saturated carbocycles. The standard InChI is InChI=1S/C26H36N6O6/c1-14(2)22(32-23(34)18-8-5-11-28-18)25(36)30-19(9-10-21(27)33)24(35)31-20(26(37)38)12-15-13-29-17-7-4-3-6-16(15)17/h3-4,6-7,13-14,18-20,22,28-29H,5,8-12H2,1-2H3,(H2,27,33)(H,30,36)(H,31,35)(H,32,34)(H,37,38). The number of carboxylic acids is 1. The Balaban J connectivity index is 1.72. The quantitative estimate of drug-likeness (QED) is 0.189. The molecule has 1 saturated heterocycles. The number of primary amides is 1. The van der Waals surface area contributed by atoms with Gasteiger partial charge in [-0.15, -0.1) is 0 Å². The maximum atomic E-state index is 13.2. The van der Waals surface area contributed by atoms with Gasteiger partial charge in [-0.2, -0.15) is 0 Å². The minimum absolute atomic E-state index is 0.000632. The second kappa shape index (κ2) is 13.0. The number of benzene rings is 1. The summed E-state index contributed by atoms with van der Waals surface area (Å²) in [5, 5.41) is 21.5. The number of carboxylic acid groups (broad SMARTS) is 1. The van der Waals surface area contributed by atoms with Gasteiger partial charge in [-0.25, -0.2) is 4.79 Å². The predicted molar refractivity (Wildman–Crippen MR) is 140 cm³/mol. The lowest BCUT2D eigenvalue weighted by Gasteiger charge is -2.27. The lowest BCUT2D eigenvalue weighted by molar-refractivity contribution is -0.142.